The molecular formula is C23H23N3OS. The highest BCUT2D eigenvalue weighted by molar-refractivity contribution is 7.98. The van der Waals surface area contributed by atoms with Crippen LogP contribution in [0.5, 0.6) is 0 Å². The largest absolute Gasteiger partial charge is 0.322 e. The molecule has 2 amide bonds. The number of urea groups is 1. The van der Waals surface area contributed by atoms with Crippen molar-refractivity contribution in [3.63, 3.8) is 0 Å². The summed E-state index contributed by atoms with van der Waals surface area (Å²) in [7, 11) is 1.88. The maximum Gasteiger partial charge on any atom is 0.322 e. The Morgan fingerprint density at radius 1 is 1.14 bits per heavy atom. The molecule has 0 saturated heterocycles. The summed E-state index contributed by atoms with van der Waals surface area (Å²) < 4.78 is 0. The first kappa shape index (κ1) is 18.6. The fraction of sp³-hybridized carbons (Fsp3) is 0.217. The number of aryl methyl sites for hydroxylation is 1. The second-order valence-electron chi connectivity index (χ2n) is 6.95. The molecule has 0 fully saturated rings. The molecule has 3 aromatic rings. The van der Waals surface area contributed by atoms with Gasteiger partial charge in [0.05, 0.1) is 11.1 Å². The van der Waals surface area contributed by atoms with Gasteiger partial charge in [-0.3, -0.25) is 0 Å². The number of fused-ring (bicyclic) bond motifs is 1. The zero-order valence-electron chi connectivity index (χ0n) is 15.8. The second-order valence-corrected chi connectivity index (χ2v) is 7.95. The van der Waals surface area contributed by atoms with Crippen molar-refractivity contribution >= 4 is 23.5 Å². The normalized spacial score (nSPS) is 15.1. The van der Waals surface area contributed by atoms with E-state index in [9.17, 15) is 4.79 Å². The van der Waals surface area contributed by atoms with Crippen LogP contribution in [-0.2, 0) is 12.2 Å². The molecule has 1 aromatic heterocycles. The Bertz CT molecular complexity index is 961. The van der Waals surface area contributed by atoms with E-state index in [1.54, 1.807) is 18.0 Å². The number of carbonyl (C=O) groups excluding carboxylic acids is 1. The molecule has 0 aliphatic heterocycles. The number of amides is 2. The predicted molar refractivity (Wildman–Crippen MR) is 115 cm³/mol. The van der Waals surface area contributed by atoms with E-state index in [1.165, 1.54) is 11.1 Å². The van der Waals surface area contributed by atoms with Crippen LogP contribution in [0.15, 0.2) is 78.0 Å². The van der Waals surface area contributed by atoms with Gasteiger partial charge in [0.1, 0.15) is 0 Å². The summed E-state index contributed by atoms with van der Waals surface area (Å²) in [5.74, 6) is 0.812. The number of hydrogen-bond donors (Lipinski definition) is 1. The maximum absolute atomic E-state index is 12.8. The number of hydrogen-bond acceptors (Lipinski definition) is 3. The lowest BCUT2D eigenvalue weighted by molar-refractivity contribution is 0.204. The predicted octanol–water partition coefficient (Wildman–Crippen LogP) is 5.53. The van der Waals surface area contributed by atoms with Crippen LogP contribution in [0.4, 0.5) is 10.5 Å². The molecule has 142 valence electrons. The molecule has 0 saturated carbocycles. The molecule has 2 aromatic carbocycles. The van der Waals surface area contributed by atoms with Crippen LogP contribution >= 0.6 is 11.8 Å². The van der Waals surface area contributed by atoms with Gasteiger partial charge in [-0.1, -0.05) is 42.5 Å². The number of rotatable bonds is 5. The van der Waals surface area contributed by atoms with Crippen molar-refractivity contribution in [2.24, 2.45) is 0 Å². The maximum atomic E-state index is 12.8. The van der Waals surface area contributed by atoms with Crippen LogP contribution in [-0.4, -0.2) is 23.0 Å². The number of benzene rings is 2. The zero-order valence-corrected chi connectivity index (χ0v) is 16.7. The van der Waals surface area contributed by atoms with E-state index in [0.29, 0.717) is 0 Å². The third-order valence-corrected chi connectivity index (χ3v) is 6.11. The summed E-state index contributed by atoms with van der Waals surface area (Å²) in [5.41, 5.74) is 4.59. The van der Waals surface area contributed by atoms with Gasteiger partial charge in [-0.25, -0.2) is 9.78 Å². The van der Waals surface area contributed by atoms with E-state index in [4.69, 9.17) is 0 Å². The standard InChI is InChI=1S/C23H23N3OS/c1-26(21-13-12-18-8-2-3-10-20(18)21)23(27)25-19-9-6-7-17(15-19)16-28-22-11-4-5-14-24-22/h2-11,14-15,21H,12-13,16H2,1H3,(H,25,27). The van der Waals surface area contributed by atoms with Crippen LogP contribution in [0.2, 0.25) is 0 Å². The summed E-state index contributed by atoms with van der Waals surface area (Å²) >= 11 is 1.69. The molecule has 1 unspecified atom stereocenters. The average molecular weight is 390 g/mol. The summed E-state index contributed by atoms with van der Waals surface area (Å²) in [6, 6.07) is 22.4. The van der Waals surface area contributed by atoms with Crippen LogP contribution in [0.1, 0.15) is 29.2 Å². The van der Waals surface area contributed by atoms with Crippen LogP contribution in [0.25, 0.3) is 0 Å². The lowest BCUT2D eigenvalue weighted by Crippen LogP contribution is -2.34. The summed E-state index contributed by atoms with van der Waals surface area (Å²) in [5, 5.41) is 4.05. The van der Waals surface area contributed by atoms with E-state index in [1.807, 2.05) is 54.4 Å². The molecule has 1 atom stereocenters. The summed E-state index contributed by atoms with van der Waals surface area (Å²) in [6.45, 7) is 0. The zero-order chi connectivity index (χ0) is 19.3. The number of nitrogens with zero attached hydrogens (tertiary/aromatic N) is 2. The number of carbonyl (C=O) groups is 1. The molecule has 1 heterocycles. The monoisotopic (exact) mass is 389 g/mol. The minimum absolute atomic E-state index is 0.0729. The highest BCUT2D eigenvalue weighted by Crippen LogP contribution is 2.35. The van der Waals surface area contributed by atoms with Crippen molar-refractivity contribution in [1.82, 2.24) is 9.88 Å². The van der Waals surface area contributed by atoms with Crippen molar-refractivity contribution in [2.75, 3.05) is 12.4 Å². The average Bonchev–Trinajstić information content (AvgIpc) is 3.17. The third-order valence-electron chi connectivity index (χ3n) is 5.09. The highest BCUT2D eigenvalue weighted by Gasteiger charge is 2.28. The van der Waals surface area contributed by atoms with Gasteiger partial charge in [-0.05, 0) is 53.8 Å². The smallest absolute Gasteiger partial charge is 0.321 e. The van der Waals surface area contributed by atoms with Gasteiger partial charge in [-0.2, -0.15) is 0 Å². The molecule has 1 aliphatic carbocycles. The Balaban J connectivity index is 1.39. The van der Waals surface area contributed by atoms with E-state index in [-0.39, 0.29) is 12.1 Å². The quantitative estimate of drug-likeness (QED) is 0.584. The third kappa shape index (κ3) is 4.20. The number of thioether (sulfide) groups is 1. The topological polar surface area (TPSA) is 45.2 Å². The van der Waals surface area contributed by atoms with E-state index in [0.717, 1.165) is 34.9 Å². The Labute approximate surface area is 170 Å². The molecule has 0 radical (unpaired) electrons. The first-order valence-corrected chi connectivity index (χ1v) is 10.4. The number of anilines is 1. The van der Waals surface area contributed by atoms with Crippen molar-refractivity contribution in [1.29, 1.82) is 0 Å². The minimum Gasteiger partial charge on any atom is -0.321 e. The van der Waals surface area contributed by atoms with Gasteiger partial charge in [0.15, 0.2) is 0 Å². The first-order valence-electron chi connectivity index (χ1n) is 9.45. The summed E-state index contributed by atoms with van der Waals surface area (Å²) in [6.07, 6.45) is 3.80. The molecule has 0 bridgehead atoms. The molecular weight excluding hydrogens is 366 g/mol. The highest BCUT2D eigenvalue weighted by atomic mass is 32.2. The number of aromatic nitrogens is 1. The van der Waals surface area contributed by atoms with Crippen molar-refractivity contribution in [3.8, 4) is 0 Å². The minimum atomic E-state index is -0.0729. The van der Waals surface area contributed by atoms with Gasteiger partial charge in [0, 0.05) is 24.7 Å². The van der Waals surface area contributed by atoms with Gasteiger partial charge in [0.25, 0.3) is 0 Å². The van der Waals surface area contributed by atoms with Crippen LogP contribution < -0.4 is 5.32 Å². The van der Waals surface area contributed by atoms with E-state index in [2.05, 4.69) is 34.6 Å². The molecule has 4 nitrogen and oxygen atoms in total. The van der Waals surface area contributed by atoms with Crippen molar-refractivity contribution < 1.29 is 4.79 Å². The molecule has 28 heavy (non-hydrogen) atoms. The van der Waals surface area contributed by atoms with Crippen LogP contribution in [0.3, 0.4) is 0 Å². The molecule has 5 heteroatoms. The fourth-order valence-corrected chi connectivity index (χ4v) is 4.42. The van der Waals surface area contributed by atoms with E-state index < -0.39 is 0 Å². The van der Waals surface area contributed by atoms with Gasteiger partial charge >= 0.3 is 6.03 Å². The van der Waals surface area contributed by atoms with Crippen molar-refractivity contribution in [3.05, 3.63) is 89.6 Å². The Kier molecular flexibility index (Phi) is 5.63. The molecule has 0 spiro atoms. The van der Waals surface area contributed by atoms with E-state index >= 15 is 0 Å². The number of pyridine rings is 1. The summed E-state index contributed by atoms with van der Waals surface area (Å²) in [4.78, 5) is 19.0. The van der Waals surface area contributed by atoms with Gasteiger partial charge in [-0.15, -0.1) is 11.8 Å². The SMILES string of the molecule is CN(C(=O)Nc1cccc(CSc2ccccn2)c1)C1CCc2ccccc21. The lowest BCUT2D eigenvalue weighted by Gasteiger charge is -2.25. The van der Waals surface area contributed by atoms with Crippen molar-refractivity contribution in [2.45, 2.75) is 29.7 Å². The Morgan fingerprint density at radius 3 is 2.86 bits per heavy atom. The Morgan fingerprint density at radius 2 is 2.00 bits per heavy atom. The fourth-order valence-electron chi connectivity index (χ4n) is 3.62. The molecule has 1 aliphatic rings. The first-order chi connectivity index (χ1) is 13.7. The van der Waals surface area contributed by atoms with Gasteiger partial charge < -0.3 is 10.2 Å². The van der Waals surface area contributed by atoms with Gasteiger partial charge in [0.2, 0.25) is 0 Å². The Hall–Kier alpha value is -2.79. The second kappa shape index (κ2) is 8.48. The van der Waals surface area contributed by atoms with Crippen LogP contribution in [0, 0.1) is 0 Å². The lowest BCUT2D eigenvalue weighted by atomic mass is 10.1. The number of nitrogens with one attached hydrogen (secondary N) is 1. The molecule has 4 rings (SSSR count). The molecule has 1 N–H and O–H groups in total.